The molecule has 0 spiro atoms. The molecule has 26 heavy (non-hydrogen) atoms. The van der Waals surface area contributed by atoms with Gasteiger partial charge in [0.15, 0.2) is 0 Å². The van der Waals surface area contributed by atoms with E-state index >= 15 is 0 Å². The Kier molecular flexibility index (Phi) is 21.5. The second kappa shape index (κ2) is 19.2. The zero-order valence-electron chi connectivity index (χ0n) is 17.5. The van der Waals surface area contributed by atoms with E-state index in [4.69, 9.17) is 0 Å². The summed E-state index contributed by atoms with van der Waals surface area (Å²) in [6.45, 7) is 4.08. The van der Waals surface area contributed by atoms with E-state index in [1.165, 1.54) is 32.1 Å². The van der Waals surface area contributed by atoms with Gasteiger partial charge in [-0.25, -0.2) is 8.42 Å². The van der Waals surface area contributed by atoms with Crippen LogP contribution in [0.25, 0.3) is 0 Å². The summed E-state index contributed by atoms with van der Waals surface area (Å²) >= 11 is 0. The Morgan fingerprint density at radius 3 is 1.54 bits per heavy atom. The summed E-state index contributed by atoms with van der Waals surface area (Å²) in [7, 11) is -4.12. The van der Waals surface area contributed by atoms with E-state index in [-0.39, 0.29) is 35.7 Å². The molecule has 0 amide bonds. The fourth-order valence-corrected chi connectivity index (χ4v) is 4.31. The van der Waals surface area contributed by atoms with E-state index in [1.54, 1.807) is 0 Å². The van der Waals surface area contributed by atoms with Gasteiger partial charge in [0.05, 0.1) is 16.2 Å². The van der Waals surface area contributed by atoms with Crippen LogP contribution in [0.15, 0.2) is 0 Å². The predicted molar refractivity (Wildman–Crippen MR) is 105 cm³/mol. The normalized spacial score (nSPS) is 14.0. The van der Waals surface area contributed by atoms with Crippen molar-refractivity contribution >= 4 is 10.1 Å². The van der Waals surface area contributed by atoms with E-state index in [2.05, 4.69) is 6.92 Å². The van der Waals surface area contributed by atoms with Gasteiger partial charge >= 0.3 is 29.6 Å². The van der Waals surface area contributed by atoms with Crippen molar-refractivity contribution in [2.24, 2.45) is 0 Å². The van der Waals surface area contributed by atoms with Gasteiger partial charge in [-0.2, -0.15) is 0 Å². The summed E-state index contributed by atoms with van der Waals surface area (Å²) in [6.07, 6.45) is 16.1. The van der Waals surface area contributed by atoms with Gasteiger partial charge in [0, 0.05) is 5.25 Å². The molecule has 2 unspecified atom stereocenters. The van der Waals surface area contributed by atoms with Crippen LogP contribution in [0.4, 0.5) is 0 Å². The molecule has 0 radical (unpaired) electrons. The number of aliphatic hydroxyl groups excluding tert-OH is 1. The van der Waals surface area contributed by atoms with Crippen LogP contribution in [0.3, 0.4) is 0 Å². The second-order valence-corrected chi connectivity index (χ2v) is 9.11. The molecule has 0 saturated carbocycles. The maximum atomic E-state index is 11.1. The Labute approximate surface area is 185 Å². The predicted octanol–water partition coefficient (Wildman–Crippen LogP) is 2.55. The zero-order chi connectivity index (χ0) is 19.0. The Morgan fingerprint density at radius 2 is 1.12 bits per heavy atom. The minimum absolute atomic E-state index is 0. The molecule has 0 aliphatic carbocycles. The topological polar surface area (TPSA) is 77.4 Å². The quantitative estimate of drug-likeness (QED) is 0.218. The SMILES string of the molecule is CCCCC(O)CCCCCCCCCCCC(CCC)S(=O)(=O)[O-].[Na+]. The van der Waals surface area contributed by atoms with Gasteiger partial charge in [0.1, 0.15) is 0 Å². The average molecular weight is 401 g/mol. The van der Waals surface area contributed by atoms with E-state index in [0.29, 0.717) is 12.8 Å². The largest absolute Gasteiger partial charge is 1.00 e. The molecule has 0 aliphatic heterocycles. The molecule has 6 heteroatoms. The van der Waals surface area contributed by atoms with Gasteiger partial charge in [-0.1, -0.05) is 90.9 Å². The first-order valence-electron chi connectivity index (χ1n) is 10.5. The van der Waals surface area contributed by atoms with Gasteiger partial charge in [0.2, 0.25) is 0 Å². The summed E-state index contributed by atoms with van der Waals surface area (Å²) in [5.41, 5.74) is 0. The number of hydrogen-bond donors (Lipinski definition) is 1. The standard InChI is InChI=1S/C20H42O4S.Na/c1-3-5-16-19(21)17-13-11-9-7-6-8-10-12-14-18-20(15-4-2)25(22,23)24;/h19-21H,3-18H2,1-2H3,(H,22,23,24);/q;+1/p-1. The summed E-state index contributed by atoms with van der Waals surface area (Å²) in [4.78, 5) is 0. The van der Waals surface area contributed by atoms with Crippen molar-refractivity contribution in [1.29, 1.82) is 0 Å². The first-order valence-corrected chi connectivity index (χ1v) is 12.0. The van der Waals surface area contributed by atoms with Crippen molar-refractivity contribution in [2.45, 2.75) is 128 Å². The van der Waals surface area contributed by atoms with Crippen LogP contribution >= 0.6 is 0 Å². The third kappa shape index (κ3) is 18.2. The van der Waals surface area contributed by atoms with Crippen LogP contribution in [0.5, 0.6) is 0 Å². The van der Waals surface area contributed by atoms with Gasteiger partial charge in [-0.3, -0.25) is 0 Å². The zero-order valence-corrected chi connectivity index (χ0v) is 20.4. The molecule has 0 rings (SSSR count). The van der Waals surface area contributed by atoms with Crippen LogP contribution in [0.1, 0.15) is 117 Å². The third-order valence-corrected chi connectivity index (χ3v) is 6.26. The number of rotatable bonds is 18. The van der Waals surface area contributed by atoms with Crippen molar-refractivity contribution in [3.63, 3.8) is 0 Å². The molecular weight excluding hydrogens is 359 g/mol. The Bertz CT molecular complexity index is 387. The van der Waals surface area contributed by atoms with E-state index < -0.39 is 15.4 Å². The molecule has 0 aromatic rings. The fraction of sp³-hybridized carbons (Fsp3) is 1.00. The monoisotopic (exact) mass is 400 g/mol. The van der Waals surface area contributed by atoms with Gasteiger partial charge in [-0.05, 0) is 25.7 Å². The van der Waals surface area contributed by atoms with Crippen LogP contribution in [-0.4, -0.2) is 29.4 Å². The minimum atomic E-state index is -4.12. The average Bonchev–Trinajstić information content (AvgIpc) is 2.55. The molecule has 152 valence electrons. The summed E-state index contributed by atoms with van der Waals surface area (Å²) in [5.74, 6) is 0. The molecule has 0 saturated heterocycles. The minimum Gasteiger partial charge on any atom is -0.748 e. The van der Waals surface area contributed by atoms with Crippen LogP contribution in [0.2, 0.25) is 0 Å². The van der Waals surface area contributed by atoms with E-state index in [0.717, 1.165) is 57.8 Å². The summed E-state index contributed by atoms with van der Waals surface area (Å²) < 4.78 is 33.4. The molecule has 0 fully saturated rings. The number of unbranched alkanes of at least 4 members (excludes halogenated alkanes) is 9. The molecule has 0 aromatic carbocycles. The first-order chi connectivity index (χ1) is 11.9. The van der Waals surface area contributed by atoms with Crippen LogP contribution < -0.4 is 29.6 Å². The van der Waals surface area contributed by atoms with Crippen molar-refractivity contribution < 1.29 is 47.6 Å². The molecule has 0 heterocycles. The summed E-state index contributed by atoms with van der Waals surface area (Å²) in [5, 5.41) is 9.09. The molecule has 0 aromatic heterocycles. The van der Waals surface area contributed by atoms with Crippen molar-refractivity contribution in [3.05, 3.63) is 0 Å². The molecular formula is C20H41NaO4S. The summed E-state index contributed by atoms with van der Waals surface area (Å²) in [6, 6.07) is 0. The van der Waals surface area contributed by atoms with Gasteiger partial charge < -0.3 is 9.66 Å². The Balaban J connectivity index is 0. The number of aliphatic hydroxyl groups is 1. The smallest absolute Gasteiger partial charge is 0.748 e. The molecule has 0 aliphatic rings. The molecule has 2 atom stereocenters. The van der Waals surface area contributed by atoms with Crippen LogP contribution in [0, 0.1) is 0 Å². The van der Waals surface area contributed by atoms with E-state index in [9.17, 15) is 18.1 Å². The van der Waals surface area contributed by atoms with Gasteiger partial charge in [0.25, 0.3) is 0 Å². The number of hydrogen-bond acceptors (Lipinski definition) is 4. The fourth-order valence-electron chi connectivity index (χ4n) is 3.33. The third-order valence-electron chi connectivity index (χ3n) is 4.97. The second-order valence-electron chi connectivity index (χ2n) is 7.46. The maximum absolute atomic E-state index is 11.1. The first kappa shape index (κ1) is 29.1. The maximum Gasteiger partial charge on any atom is 1.00 e. The van der Waals surface area contributed by atoms with Crippen molar-refractivity contribution in [2.75, 3.05) is 0 Å². The Morgan fingerprint density at radius 1 is 0.692 bits per heavy atom. The van der Waals surface area contributed by atoms with Crippen molar-refractivity contribution in [3.8, 4) is 0 Å². The van der Waals surface area contributed by atoms with Crippen molar-refractivity contribution in [1.82, 2.24) is 0 Å². The molecule has 1 N–H and O–H groups in total. The Hall–Kier alpha value is 0.870. The molecule has 0 bridgehead atoms. The van der Waals surface area contributed by atoms with E-state index in [1.807, 2.05) is 6.92 Å². The molecule has 4 nitrogen and oxygen atoms in total. The van der Waals surface area contributed by atoms with Gasteiger partial charge in [-0.15, -0.1) is 0 Å². The van der Waals surface area contributed by atoms with Crippen LogP contribution in [-0.2, 0) is 10.1 Å².